The summed E-state index contributed by atoms with van der Waals surface area (Å²) in [4.78, 5) is 0. The molecule has 0 aromatic heterocycles. The van der Waals surface area contributed by atoms with Crippen LogP contribution >= 0.6 is 0 Å². The molecule has 0 amide bonds. The fourth-order valence-electron chi connectivity index (χ4n) is 2.60. The molecule has 1 heterocycles. The number of hydrogen-bond acceptors (Lipinski definition) is 4. The molecule has 5 nitrogen and oxygen atoms in total. The molecule has 7 heteroatoms. The van der Waals surface area contributed by atoms with Crippen molar-refractivity contribution >= 4 is 25.5 Å². The van der Waals surface area contributed by atoms with Gasteiger partial charge in [-0.05, 0) is 17.5 Å². The second-order valence-electron chi connectivity index (χ2n) is 5.89. The first-order valence-electron chi connectivity index (χ1n) is 6.89. The highest BCUT2D eigenvalue weighted by molar-refractivity contribution is 7.95. The molecular weight excluding hydrogens is 310 g/mol. The Morgan fingerprint density at radius 2 is 1.76 bits per heavy atom. The number of sulfone groups is 1. The van der Waals surface area contributed by atoms with Gasteiger partial charge in [-0.2, -0.15) is 0 Å². The third-order valence-corrected chi connectivity index (χ3v) is 6.76. The zero-order chi connectivity index (χ0) is 15.8. The second-order valence-corrected chi connectivity index (χ2v) is 10.2. The van der Waals surface area contributed by atoms with Crippen molar-refractivity contribution in [1.29, 1.82) is 0 Å². The van der Waals surface area contributed by atoms with Crippen LogP contribution < -0.4 is 4.31 Å². The standard InChI is InChI=1S/C14H21NO4S2/c1-11(2)13-10-15(14-7-5-4-6-12(13)14)21(18,19)9-8-20(3,16)17/h4-7,11,13H,8-10H2,1-3H3. The molecule has 1 aromatic carbocycles. The Labute approximate surface area is 126 Å². The molecule has 0 spiro atoms. The van der Waals surface area contributed by atoms with E-state index in [0.717, 1.165) is 11.8 Å². The zero-order valence-corrected chi connectivity index (χ0v) is 14.1. The average molecular weight is 331 g/mol. The van der Waals surface area contributed by atoms with Crippen LogP contribution in [0.25, 0.3) is 0 Å². The highest BCUT2D eigenvalue weighted by Gasteiger charge is 2.36. The first kappa shape index (κ1) is 16.3. The lowest BCUT2D eigenvalue weighted by atomic mass is 9.90. The molecule has 2 rings (SSSR count). The number of anilines is 1. The van der Waals surface area contributed by atoms with Crippen LogP contribution in [0.3, 0.4) is 0 Å². The first-order valence-corrected chi connectivity index (χ1v) is 10.6. The van der Waals surface area contributed by atoms with Crippen molar-refractivity contribution in [2.45, 2.75) is 19.8 Å². The van der Waals surface area contributed by atoms with Crippen LogP contribution in [0.15, 0.2) is 24.3 Å². The summed E-state index contributed by atoms with van der Waals surface area (Å²) in [6.07, 6.45) is 1.05. The molecule has 0 aliphatic carbocycles. The Balaban J connectivity index is 2.33. The molecule has 0 fully saturated rings. The lowest BCUT2D eigenvalue weighted by molar-refractivity contribution is 0.522. The van der Waals surface area contributed by atoms with Gasteiger partial charge in [0.2, 0.25) is 10.0 Å². The van der Waals surface area contributed by atoms with Gasteiger partial charge >= 0.3 is 0 Å². The van der Waals surface area contributed by atoms with Gasteiger partial charge in [0.25, 0.3) is 0 Å². The molecule has 0 saturated carbocycles. The smallest absolute Gasteiger partial charge is 0.236 e. The van der Waals surface area contributed by atoms with Crippen LogP contribution in [0.2, 0.25) is 0 Å². The first-order chi connectivity index (χ1) is 9.62. The fraction of sp³-hybridized carbons (Fsp3) is 0.571. The van der Waals surface area contributed by atoms with Crippen molar-refractivity contribution in [3.8, 4) is 0 Å². The molecular formula is C14H21NO4S2. The van der Waals surface area contributed by atoms with Crippen molar-refractivity contribution < 1.29 is 16.8 Å². The summed E-state index contributed by atoms with van der Waals surface area (Å²) in [5.41, 5.74) is 1.71. The lowest BCUT2D eigenvalue weighted by Crippen LogP contribution is -2.34. The monoisotopic (exact) mass is 331 g/mol. The van der Waals surface area contributed by atoms with E-state index in [2.05, 4.69) is 13.8 Å². The van der Waals surface area contributed by atoms with Crippen molar-refractivity contribution in [3.63, 3.8) is 0 Å². The summed E-state index contributed by atoms with van der Waals surface area (Å²) in [5.74, 6) is -0.249. The highest BCUT2D eigenvalue weighted by atomic mass is 32.2. The quantitative estimate of drug-likeness (QED) is 0.822. The summed E-state index contributed by atoms with van der Waals surface area (Å²) >= 11 is 0. The van der Waals surface area contributed by atoms with Gasteiger partial charge in [-0.3, -0.25) is 4.31 Å². The largest absolute Gasteiger partial charge is 0.269 e. The predicted molar refractivity (Wildman–Crippen MR) is 84.9 cm³/mol. The molecule has 0 radical (unpaired) electrons. The Morgan fingerprint density at radius 1 is 1.14 bits per heavy atom. The van der Waals surface area contributed by atoms with Crippen LogP contribution in [-0.4, -0.2) is 41.1 Å². The van der Waals surface area contributed by atoms with Gasteiger partial charge in [0, 0.05) is 18.7 Å². The third kappa shape index (κ3) is 3.58. The second kappa shape index (κ2) is 5.61. The van der Waals surface area contributed by atoms with Crippen LogP contribution in [0.5, 0.6) is 0 Å². The maximum Gasteiger partial charge on any atom is 0.236 e. The van der Waals surface area contributed by atoms with E-state index in [0.29, 0.717) is 18.2 Å². The van der Waals surface area contributed by atoms with Gasteiger partial charge in [-0.15, -0.1) is 0 Å². The molecule has 0 saturated heterocycles. The van der Waals surface area contributed by atoms with Gasteiger partial charge in [0.15, 0.2) is 0 Å². The van der Waals surface area contributed by atoms with E-state index in [4.69, 9.17) is 0 Å². The molecule has 1 unspecified atom stereocenters. The topological polar surface area (TPSA) is 71.5 Å². The van der Waals surface area contributed by atoms with Crippen molar-refractivity contribution in [1.82, 2.24) is 0 Å². The van der Waals surface area contributed by atoms with E-state index in [1.54, 1.807) is 12.1 Å². The average Bonchev–Trinajstić information content (AvgIpc) is 2.76. The minimum Gasteiger partial charge on any atom is -0.269 e. The zero-order valence-electron chi connectivity index (χ0n) is 12.5. The van der Waals surface area contributed by atoms with Crippen molar-refractivity contribution in [2.75, 3.05) is 28.6 Å². The number of benzene rings is 1. The van der Waals surface area contributed by atoms with Crippen LogP contribution in [0.1, 0.15) is 25.3 Å². The normalized spacial score (nSPS) is 19.0. The number of hydrogen-bond donors (Lipinski definition) is 0. The summed E-state index contributed by atoms with van der Waals surface area (Å²) in [6, 6.07) is 7.45. The van der Waals surface area contributed by atoms with Crippen molar-refractivity contribution in [3.05, 3.63) is 29.8 Å². The van der Waals surface area contributed by atoms with E-state index in [1.165, 1.54) is 4.31 Å². The summed E-state index contributed by atoms with van der Waals surface area (Å²) in [5, 5.41) is 0. The Bertz CT molecular complexity index is 723. The summed E-state index contributed by atoms with van der Waals surface area (Å²) in [7, 11) is -6.92. The van der Waals surface area contributed by atoms with E-state index >= 15 is 0 Å². The summed E-state index contributed by atoms with van der Waals surface area (Å²) in [6.45, 7) is 4.52. The number of rotatable bonds is 5. The SMILES string of the molecule is CC(C)C1CN(S(=O)(=O)CCS(C)(=O)=O)c2ccccc21. The van der Waals surface area contributed by atoms with Gasteiger partial charge in [0.05, 0.1) is 17.2 Å². The van der Waals surface area contributed by atoms with Crippen LogP contribution in [0.4, 0.5) is 5.69 Å². The maximum atomic E-state index is 12.5. The minimum absolute atomic E-state index is 0.147. The predicted octanol–water partition coefficient (Wildman–Crippen LogP) is 1.62. The summed E-state index contributed by atoms with van der Waals surface area (Å²) < 4.78 is 48.8. The molecule has 1 aliphatic rings. The molecule has 0 bridgehead atoms. The number of fused-ring (bicyclic) bond motifs is 1. The third-order valence-electron chi connectivity index (χ3n) is 3.82. The number of para-hydroxylation sites is 1. The molecule has 0 N–H and O–H groups in total. The number of nitrogens with zero attached hydrogens (tertiary/aromatic N) is 1. The maximum absolute atomic E-state index is 12.5. The molecule has 1 aliphatic heterocycles. The number of sulfonamides is 1. The Hall–Kier alpha value is -1.08. The minimum atomic E-state index is -3.62. The molecule has 1 aromatic rings. The van der Waals surface area contributed by atoms with Gasteiger partial charge in [-0.1, -0.05) is 32.0 Å². The lowest BCUT2D eigenvalue weighted by Gasteiger charge is -2.20. The highest BCUT2D eigenvalue weighted by Crippen LogP contribution is 2.41. The Kier molecular flexibility index (Phi) is 4.35. The van der Waals surface area contributed by atoms with Crippen LogP contribution in [0, 0.1) is 5.92 Å². The molecule has 118 valence electrons. The van der Waals surface area contributed by atoms with Crippen molar-refractivity contribution in [2.24, 2.45) is 5.92 Å². The van der Waals surface area contributed by atoms with E-state index in [9.17, 15) is 16.8 Å². The van der Waals surface area contributed by atoms with Gasteiger partial charge < -0.3 is 0 Å². The Morgan fingerprint density at radius 3 is 2.33 bits per heavy atom. The van der Waals surface area contributed by atoms with E-state index < -0.39 is 19.9 Å². The van der Waals surface area contributed by atoms with E-state index in [-0.39, 0.29) is 17.4 Å². The fourth-order valence-corrected chi connectivity index (χ4v) is 5.73. The van der Waals surface area contributed by atoms with Gasteiger partial charge in [-0.25, -0.2) is 16.8 Å². The molecule has 1 atom stereocenters. The van der Waals surface area contributed by atoms with Crippen LogP contribution in [-0.2, 0) is 19.9 Å². The van der Waals surface area contributed by atoms with E-state index in [1.807, 2.05) is 12.1 Å². The van der Waals surface area contributed by atoms with Gasteiger partial charge in [0.1, 0.15) is 9.84 Å². The molecule has 21 heavy (non-hydrogen) atoms.